The molecule has 0 saturated carbocycles. The van der Waals surface area contributed by atoms with Crippen molar-refractivity contribution in [3.05, 3.63) is 0 Å². The monoisotopic (exact) mass is 247 g/mol. The molecule has 0 bridgehead atoms. The molecule has 1 amide bonds. The summed E-state index contributed by atoms with van der Waals surface area (Å²) in [6, 6.07) is 1.63. The average Bonchev–Trinajstić information content (AvgIpc) is 2.15. The molecule has 0 rings (SSSR count). The first-order valence-electron chi connectivity index (χ1n) is 5.01. The van der Waals surface area contributed by atoms with Crippen molar-refractivity contribution < 1.29 is 13.2 Å². The quantitative estimate of drug-likeness (QED) is 0.675. The fourth-order valence-electron chi connectivity index (χ4n) is 1.02. The van der Waals surface area contributed by atoms with Gasteiger partial charge in [-0.05, 0) is 20.3 Å². The van der Waals surface area contributed by atoms with Crippen molar-refractivity contribution in [3.63, 3.8) is 0 Å². The van der Waals surface area contributed by atoms with Gasteiger partial charge in [0.15, 0.2) is 5.25 Å². The van der Waals surface area contributed by atoms with Gasteiger partial charge in [0.1, 0.15) is 0 Å². The van der Waals surface area contributed by atoms with Crippen LogP contribution in [0.4, 0.5) is 0 Å². The fraction of sp³-hybridized carbons (Fsp3) is 0.778. The number of hydrogen-bond donors (Lipinski definition) is 2. The van der Waals surface area contributed by atoms with Crippen molar-refractivity contribution in [2.45, 2.75) is 38.5 Å². The lowest BCUT2D eigenvalue weighted by molar-refractivity contribution is -0.120. The highest BCUT2D eigenvalue weighted by Crippen LogP contribution is 2.01. The van der Waals surface area contributed by atoms with E-state index in [2.05, 4.69) is 10.0 Å². The normalized spacial score (nSPS) is 13.2. The van der Waals surface area contributed by atoms with Gasteiger partial charge >= 0.3 is 0 Å². The second kappa shape index (κ2) is 6.45. The lowest BCUT2D eigenvalue weighted by Gasteiger charge is -2.11. The van der Waals surface area contributed by atoms with Gasteiger partial charge in [-0.3, -0.25) is 4.79 Å². The first-order chi connectivity index (χ1) is 7.33. The summed E-state index contributed by atoms with van der Waals surface area (Å²) in [4.78, 5) is 11.2. The van der Waals surface area contributed by atoms with Crippen molar-refractivity contribution in [3.8, 4) is 6.07 Å². The molecule has 0 aliphatic heterocycles. The molecule has 0 aromatic heterocycles. The van der Waals surface area contributed by atoms with Crippen molar-refractivity contribution in [1.82, 2.24) is 10.0 Å². The summed E-state index contributed by atoms with van der Waals surface area (Å²) < 4.78 is 25.0. The molecule has 16 heavy (non-hydrogen) atoms. The van der Waals surface area contributed by atoms with Crippen LogP contribution in [0.15, 0.2) is 0 Å². The second-order valence-corrected chi connectivity index (χ2v) is 5.56. The predicted molar refractivity (Wildman–Crippen MR) is 59.9 cm³/mol. The summed E-state index contributed by atoms with van der Waals surface area (Å²) in [5, 5.41) is 10.0. The van der Waals surface area contributed by atoms with Crippen LogP contribution >= 0.6 is 0 Å². The molecule has 2 N–H and O–H groups in total. The van der Waals surface area contributed by atoms with E-state index in [-0.39, 0.29) is 19.0 Å². The van der Waals surface area contributed by atoms with E-state index >= 15 is 0 Å². The molecular weight excluding hydrogens is 230 g/mol. The molecule has 0 fully saturated rings. The molecule has 7 heteroatoms. The van der Waals surface area contributed by atoms with Gasteiger partial charge in [0.2, 0.25) is 15.9 Å². The van der Waals surface area contributed by atoms with Crippen LogP contribution in [-0.2, 0) is 14.8 Å². The molecule has 1 atom stereocenters. The largest absolute Gasteiger partial charge is 0.353 e. The molecule has 0 spiro atoms. The zero-order valence-corrected chi connectivity index (χ0v) is 10.5. The Labute approximate surface area is 96.1 Å². The van der Waals surface area contributed by atoms with Crippen molar-refractivity contribution in [1.29, 1.82) is 5.26 Å². The summed E-state index contributed by atoms with van der Waals surface area (Å²) in [6.07, 6.45) is 0.192. The van der Waals surface area contributed by atoms with Crippen LogP contribution in [0.2, 0.25) is 0 Å². The molecule has 0 aliphatic rings. The van der Waals surface area contributed by atoms with E-state index in [1.165, 1.54) is 0 Å². The van der Waals surface area contributed by atoms with Gasteiger partial charge in [0.25, 0.3) is 0 Å². The topological polar surface area (TPSA) is 99.1 Å². The summed E-state index contributed by atoms with van der Waals surface area (Å²) in [5.41, 5.74) is 0. The third kappa shape index (κ3) is 5.09. The highest BCUT2D eigenvalue weighted by atomic mass is 32.2. The zero-order chi connectivity index (χ0) is 12.8. The minimum absolute atomic E-state index is 0.0463. The van der Waals surface area contributed by atoms with Crippen molar-refractivity contribution >= 4 is 15.9 Å². The van der Waals surface area contributed by atoms with E-state index in [0.717, 1.165) is 0 Å². The molecule has 0 saturated heterocycles. The summed E-state index contributed by atoms with van der Waals surface area (Å²) >= 11 is 0. The minimum Gasteiger partial charge on any atom is -0.353 e. The van der Waals surface area contributed by atoms with Crippen molar-refractivity contribution in [2.24, 2.45) is 0 Å². The van der Waals surface area contributed by atoms with Gasteiger partial charge in [0, 0.05) is 6.04 Å². The van der Waals surface area contributed by atoms with Gasteiger partial charge < -0.3 is 5.32 Å². The second-order valence-electron chi connectivity index (χ2n) is 3.61. The Morgan fingerprint density at radius 1 is 1.44 bits per heavy atom. The molecule has 0 aromatic carbocycles. The van der Waals surface area contributed by atoms with Crippen LogP contribution in [0.25, 0.3) is 0 Å². The molecule has 0 aromatic rings. The molecule has 92 valence electrons. The van der Waals surface area contributed by atoms with Gasteiger partial charge in [-0.15, -0.1) is 0 Å². The Balaban J connectivity index is 4.31. The summed E-state index contributed by atoms with van der Waals surface area (Å²) in [7, 11) is -3.73. The third-order valence-electron chi connectivity index (χ3n) is 1.77. The summed E-state index contributed by atoms with van der Waals surface area (Å²) in [5.74, 6) is -0.411. The van der Waals surface area contributed by atoms with Gasteiger partial charge in [-0.25, -0.2) is 13.1 Å². The predicted octanol–water partition coefficient (Wildman–Crippen LogP) is -0.267. The Kier molecular flexibility index (Phi) is 6.00. The van der Waals surface area contributed by atoms with Crippen LogP contribution in [0.5, 0.6) is 0 Å². The van der Waals surface area contributed by atoms with E-state index in [1.807, 2.05) is 0 Å². The van der Waals surface area contributed by atoms with E-state index in [1.54, 1.807) is 26.8 Å². The zero-order valence-electron chi connectivity index (χ0n) is 9.65. The number of carbonyl (C=O) groups excluding carboxylic acids is 1. The highest BCUT2D eigenvalue weighted by Gasteiger charge is 2.23. The molecule has 0 radical (unpaired) electrons. The number of nitriles is 1. The van der Waals surface area contributed by atoms with Crippen LogP contribution in [0, 0.1) is 11.3 Å². The van der Waals surface area contributed by atoms with E-state index in [9.17, 15) is 13.2 Å². The maximum atomic E-state index is 11.5. The Morgan fingerprint density at radius 2 is 2.00 bits per heavy atom. The minimum atomic E-state index is -3.73. The third-order valence-corrected chi connectivity index (χ3v) is 3.51. The standard InChI is InChI=1S/C9H17N3O3S/c1-4-8(5-10)16(14,15)11-6-9(13)12-7(2)3/h7-8,11H,4,6H2,1-3H3,(H,12,13). The van der Waals surface area contributed by atoms with E-state index in [4.69, 9.17) is 5.26 Å². The average molecular weight is 247 g/mol. The van der Waals surface area contributed by atoms with E-state index < -0.39 is 21.2 Å². The Hall–Kier alpha value is -1.13. The van der Waals surface area contributed by atoms with E-state index in [0.29, 0.717) is 0 Å². The number of sulfonamides is 1. The number of amides is 1. The lowest BCUT2D eigenvalue weighted by atomic mass is 10.4. The maximum absolute atomic E-state index is 11.5. The van der Waals surface area contributed by atoms with Crippen LogP contribution < -0.4 is 10.0 Å². The number of rotatable bonds is 6. The molecule has 6 nitrogen and oxygen atoms in total. The number of nitrogens with one attached hydrogen (secondary N) is 2. The van der Waals surface area contributed by atoms with Gasteiger partial charge in [-0.1, -0.05) is 6.92 Å². The van der Waals surface area contributed by atoms with Gasteiger partial charge in [0.05, 0.1) is 12.6 Å². The molecular formula is C9H17N3O3S. The molecule has 1 unspecified atom stereocenters. The maximum Gasteiger partial charge on any atom is 0.235 e. The first kappa shape index (κ1) is 14.9. The number of nitrogens with zero attached hydrogens (tertiary/aromatic N) is 1. The summed E-state index contributed by atoms with van der Waals surface area (Å²) in [6.45, 7) is 4.81. The first-order valence-corrected chi connectivity index (χ1v) is 6.55. The van der Waals surface area contributed by atoms with Crippen LogP contribution in [0.3, 0.4) is 0 Å². The van der Waals surface area contributed by atoms with Crippen LogP contribution in [-0.4, -0.2) is 32.2 Å². The number of carbonyl (C=O) groups is 1. The van der Waals surface area contributed by atoms with Crippen molar-refractivity contribution in [2.75, 3.05) is 6.54 Å². The SMILES string of the molecule is CCC(C#N)S(=O)(=O)NCC(=O)NC(C)C. The fourth-order valence-corrected chi connectivity index (χ4v) is 2.13. The van der Waals surface area contributed by atoms with Crippen LogP contribution in [0.1, 0.15) is 27.2 Å². The molecule has 0 aliphatic carbocycles. The Morgan fingerprint density at radius 3 is 2.38 bits per heavy atom. The highest BCUT2D eigenvalue weighted by molar-refractivity contribution is 7.90. The number of hydrogen-bond acceptors (Lipinski definition) is 4. The smallest absolute Gasteiger partial charge is 0.235 e. The Bertz CT molecular complexity index is 370. The van der Waals surface area contributed by atoms with Gasteiger partial charge in [-0.2, -0.15) is 5.26 Å². The lowest BCUT2D eigenvalue weighted by Crippen LogP contribution is -2.42. The molecule has 0 heterocycles.